The molecule has 1 heterocycles. The number of ether oxygens (including phenoxy) is 1. The van der Waals surface area contributed by atoms with Gasteiger partial charge in [-0.2, -0.15) is 0 Å². The summed E-state index contributed by atoms with van der Waals surface area (Å²) in [5.74, 6) is 0.711. The van der Waals surface area contributed by atoms with Gasteiger partial charge in [-0.1, -0.05) is 30.3 Å². The summed E-state index contributed by atoms with van der Waals surface area (Å²) in [4.78, 5) is 4.43. The van der Waals surface area contributed by atoms with E-state index in [0.717, 1.165) is 22.1 Å². The van der Waals surface area contributed by atoms with E-state index in [4.69, 9.17) is 4.74 Å². The molecule has 0 saturated heterocycles. The van der Waals surface area contributed by atoms with Crippen LogP contribution in [0.15, 0.2) is 47.1 Å². The number of rotatable bonds is 6. The van der Waals surface area contributed by atoms with Crippen molar-refractivity contribution in [1.29, 1.82) is 0 Å². The van der Waals surface area contributed by atoms with E-state index in [1.54, 1.807) is 6.20 Å². The molecule has 2 aromatic rings. The van der Waals surface area contributed by atoms with E-state index in [1.807, 2.05) is 18.2 Å². The van der Waals surface area contributed by atoms with Gasteiger partial charge in [0.05, 0.1) is 0 Å². The summed E-state index contributed by atoms with van der Waals surface area (Å²) >= 11 is 3.48. The minimum Gasteiger partial charge on any atom is -0.470 e. The highest BCUT2D eigenvalue weighted by Crippen LogP contribution is 2.27. The van der Waals surface area contributed by atoms with Gasteiger partial charge in [0, 0.05) is 28.8 Å². The molecule has 1 N–H and O–H groups in total. The Morgan fingerprint density at radius 3 is 2.81 bits per heavy atom. The molecule has 0 aliphatic heterocycles. The number of halogens is 1. The number of hydrogen-bond donors (Lipinski definition) is 1. The van der Waals surface area contributed by atoms with Crippen LogP contribution in [0.4, 0.5) is 0 Å². The molecule has 0 bridgehead atoms. The Morgan fingerprint density at radius 1 is 1.33 bits per heavy atom. The number of aromatic nitrogens is 1. The first-order chi connectivity index (χ1) is 10.2. The van der Waals surface area contributed by atoms with Crippen LogP contribution in [0.2, 0.25) is 0 Å². The van der Waals surface area contributed by atoms with E-state index in [-0.39, 0.29) is 6.10 Å². The second-order valence-corrected chi connectivity index (χ2v) is 6.36. The zero-order valence-corrected chi connectivity index (χ0v) is 13.6. The highest BCUT2D eigenvalue weighted by Gasteiger charge is 2.21. The predicted molar refractivity (Wildman–Crippen MR) is 87.3 cm³/mol. The first-order valence-electron chi connectivity index (χ1n) is 7.32. The lowest BCUT2D eigenvalue weighted by atomic mass is 10.1. The fraction of sp³-hybridized carbons (Fsp3) is 0.353. The molecule has 0 spiro atoms. The molecular weight excluding hydrogens is 328 g/mol. The third-order valence-electron chi connectivity index (χ3n) is 3.61. The molecule has 110 valence electrons. The van der Waals surface area contributed by atoms with E-state index in [0.29, 0.717) is 11.9 Å². The summed E-state index contributed by atoms with van der Waals surface area (Å²) in [6.45, 7) is 2.85. The van der Waals surface area contributed by atoms with Crippen molar-refractivity contribution in [3.05, 3.63) is 58.2 Å². The zero-order chi connectivity index (χ0) is 14.7. The molecule has 0 amide bonds. The molecular formula is C17H19BrN2O. The normalized spacial score (nSPS) is 15.7. The van der Waals surface area contributed by atoms with Crippen LogP contribution in [0, 0.1) is 0 Å². The molecule has 21 heavy (non-hydrogen) atoms. The van der Waals surface area contributed by atoms with Gasteiger partial charge in [0.1, 0.15) is 6.10 Å². The molecule has 1 aromatic carbocycles. The second-order valence-electron chi connectivity index (χ2n) is 5.44. The largest absolute Gasteiger partial charge is 0.470 e. The van der Waals surface area contributed by atoms with E-state index in [1.165, 1.54) is 12.8 Å². The highest BCUT2D eigenvalue weighted by atomic mass is 79.9. The van der Waals surface area contributed by atoms with Crippen LogP contribution < -0.4 is 10.1 Å². The van der Waals surface area contributed by atoms with Crippen molar-refractivity contribution in [2.45, 2.75) is 38.5 Å². The monoisotopic (exact) mass is 346 g/mol. The average Bonchev–Trinajstić information content (AvgIpc) is 3.32. The number of pyridine rings is 1. The van der Waals surface area contributed by atoms with Crippen LogP contribution in [0.5, 0.6) is 5.88 Å². The van der Waals surface area contributed by atoms with Crippen molar-refractivity contribution in [2.75, 3.05) is 0 Å². The van der Waals surface area contributed by atoms with Crippen molar-refractivity contribution in [2.24, 2.45) is 0 Å². The van der Waals surface area contributed by atoms with E-state index >= 15 is 0 Å². The van der Waals surface area contributed by atoms with Gasteiger partial charge in [0.15, 0.2) is 0 Å². The van der Waals surface area contributed by atoms with Crippen LogP contribution >= 0.6 is 15.9 Å². The predicted octanol–water partition coefficient (Wildman–Crippen LogP) is 4.24. The van der Waals surface area contributed by atoms with Crippen LogP contribution in [-0.4, -0.2) is 11.0 Å². The maximum absolute atomic E-state index is 6.07. The summed E-state index contributed by atoms with van der Waals surface area (Å²) in [6, 6.07) is 13.0. The highest BCUT2D eigenvalue weighted by molar-refractivity contribution is 9.10. The standard InChI is InChI=1S/C17H19BrN2O/c1-12(13-5-3-2-4-6-13)21-17-14(9-15(18)11-20-17)10-19-16-7-8-16/h2-6,9,11-12,16,19H,7-8,10H2,1H3. The van der Waals surface area contributed by atoms with Crippen molar-refractivity contribution in [3.8, 4) is 5.88 Å². The van der Waals surface area contributed by atoms with Crippen LogP contribution in [-0.2, 0) is 6.54 Å². The van der Waals surface area contributed by atoms with Crippen molar-refractivity contribution >= 4 is 15.9 Å². The summed E-state index contributed by atoms with van der Waals surface area (Å²) in [6.07, 6.45) is 4.32. The SMILES string of the molecule is CC(Oc1ncc(Br)cc1CNC1CC1)c1ccccc1. The molecule has 1 fully saturated rings. The number of hydrogen-bond acceptors (Lipinski definition) is 3. The van der Waals surface area contributed by atoms with Gasteiger partial charge in [0.2, 0.25) is 5.88 Å². The molecule has 3 rings (SSSR count). The molecule has 3 nitrogen and oxygen atoms in total. The van der Waals surface area contributed by atoms with Crippen molar-refractivity contribution in [3.63, 3.8) is 0 Å². The zero-order valence-electron chi connectivity index (χ0n) is 12.1. The van der Waals surface area contributed by atoms with Crippen LogP contribution in [0.1, 0.15) is 37.0 Å². The lowest BCUT2D eigenvalue weighted by Crippen LogP contribution is -2.17. The number of nitrogens with zero attached hydrogens (tertiary/aromatic N) is 1. The van der Waals surface area contributed by atoms with E-state index in [9.17, 15) is 0 Å². The first kappa shape index (κ1) is 14.5. The summed E-state index contributed by atoms with van der Waals surface area (Å²) in [5.41, 5.74) is 2.25. The molecule has 1 aliphatic rings. The topological polar surface area (TPSA) is 34.1 Å². The molecule has 1 aliphatic carbocycles. The lowest BCUT2D eigenvalue weighted by molar-refractivity contribution is 0.214. The number of nitrogens with one attached hydrogen (secondary N) is 1. The van der Waals surface area contributed by atoms with Crippen molar-refractivity contribution in [1.82, 2.24) is 10.3 Å². The molecule has 1 unspecified atom stereocenters. The molecule has 1 atom stereocenters. The Bertz CT molecular complexity index is 599. The second kappa shape index (κ2) is 6.58. The third kappa shape index (κ3) is 4.05. The number of benzene rings is 1. The molecule has 4 heteroatoms. The van der Waals surface area contributed by atoms with Gasteiger partial charge >= 0.3 is 0 Å². The lowest BCUT2D eigenvalue weighted by Gasteiger charge is -2.17. The Morgan fingerprint density at radius 2 is 2.10 bits per heavy atom. The third-order valence-corrected chi connectivity index (χ3v) is 4.04. The van der Waals surface area contributed by atoms with Gasteiger partial charge in [-0.3, -0.25) is 0 Å². The van der Waals surface area contributed by atoms with Gasteiger partial charge in [0.25, 0.3) is 0 Å². The Balaban J connectivity index is 1.73. The first-order valence-corrected chi connectivity index (χ1v) is 8.11. The Hall–Kier alpha value is -1.39. The Kier molecular flexibility index (Phi) is 4.56. The maximum Gasteiger partial charge on any atom is 0.218 e. The van der Waals surface area contributed by atoms with Gasteiger partial charge in [-0.15, -0.1) is 0 Å². The van der Waals surface area contributed by atoms with Gasteiger partial charge in [-0.25, -0.2) is 4.98 Å². The minimum absolute atomic E-state index is 0.0143. The van der Waals surface area contributed by atoms with Gasteiger partial charge in [-0.05, 0) is 47.3 Å². The fourth-order valence-electron chi connectivity index (χ4n) is 2.20. The minimum atomic E-state index is -0.0143. The summed E-state index contributed by atoms with van der Waals surface area (Å²) in [5, 5.41) is 3.51. The smallest absolute Gasteiger partial charge is 0.218 e. The molecule has 1 saturated carbocycles. The van der Waals surface area contributed by atoms with E-state index in [2.05, 4.69) is 51.4 Å². The van der Waals surface area contributed by atoms with Gasteiger partial charge < -0.3 is 10.1 Å². The Labute approximate surface area is 133 Å². The fourth-order valence-corrected chi connectivity index (χ4v) is 2.58. The van der Waals surface area contributed by atoms with Crippen LogP contribution in [0.3, 0.4) is 0 Å². The quantitative estimate of drug-likeness (QED) is 0.849. The van der Waals surface area contributed by atoms with Crippen molar-refractivity contribution < 1.29 is 4.74 Å². The summed E-state index contributed by atoms with van der Waals surface area (Å²) in [7, 11) is 0. The van der Waals surface area contributed by atoms with Crippen LogP contribution in [0.25, 0.3) is 0 Å². The maximum atomic E-state index is 6.07. The van der Waals surface area contributed by atoms with E-state index < -0.39 is 0 Å². The molecule has 1 aromatic heterocycles. The average molecular weight is 347 g/mol. The summed E-state index contributed by atoms with van der Waals surface area (Å²) < 4.78 is 7.05. The molecule has 0 radical (unpaired) electrons.